The molecule has 0 amide bonds. The normalized spacial score (nSPS) is 19.9. The molecule has 3 heteroatoms. The maximum absolute atomic E-state index is 9.43. The molecule has 0 spiro atoms. The van der Waals surface area contributed by atoms with Crippen molar-refractivity contribution in [3.8, 4) is 0 Å². The number of aliphatic hydroxyl groups is 1. The fourth-order valence-corrected chi connectivity index (χ4v) is 2.10. The second-order valence-corrected chi connectivity index (χ2v) is 5.41. The fraction of sp³-hybridized carbons (Fsp3) is 1.00. The summed E-state index contributed by atoms with van der Waals surface area (Å²) in [6.45, 7) is 10.5. The predicted molar refractivity (Wildman–Crippen MR) is 67.9 cm³/mol. The molecule has 0 saturated heterocycles. The van der Waals surface area contributed by atoms with Crippen LogP contribution < -0.4 is 0 Å². The van der Waals surface area contributed by atoms with Gasteiger partial charge in [0.2, 0.25) is 0 Å². The molecule has 90 valence electrons. The van der Waals surface area contributed by atoms with Gasteiger partial charge < -0.3 is 9.84 Å². The first-order valence-corrected chi connectivity index (χ1v) is 6.15. The van der Waals surface area contributed by atoms with Crippen molar-refractivity contribution in [1.82, 2.24) is 0 Å². The molecule has 3 atom stereocenters. The third kappa shape index (κ3) is 6.96. The summed E-state index contributed by atoms with van der Waals surface area (Å²) < 4.78 is 6.05. The van der Waals surface area contributed by atoms with E-state index in [-0.39, 0.29) is 17.7 Å². The molecule has 0 saturated carbocycles. The molecule has 0 heterocycles. The standard InChI is InChI=1S/C12H27BO2/c1-6-12(13,8-10(4)14)15-11(5)7-9(2)3/h9-11,14H,6-8,13H2,1-5H3. The maximum atomic E-state index is 9.43. The second kappa shape index (κ2) is 6.54. The van der Waals surface area contributed by atoms with Crippen molar-refractivity contribution in [2.45, 2.75) is 71.6 Å². The van der Waals surface area contributed by atoms with Crippen LogP contribution in [0.1, 0.15) is 53.9 Å². The molecule has 15 heavy (non-hydrogen) atoms. The van der Waals surface area contributed by atoms with Crippen LogP contribution in [0.5, 0.6) is 0 Å². The lowest BCUT2D eigenvalue weighted by Crippen LogP contribution is -2.39. The Balaban J connectivity index is 4.17. The van der Waals surface area contributed by atoms with Crippen LogP contribution in [0.15, 0.2) is 0 Å². The first kappa shape index (κ1) is 15.0. The molecule has 1 N–H and O–H groups in total. The van der Waals surface area contributed by atoms with Gasteiger partial charge in [0.25, 0.3) is 0 Å². The highest BCUT2D eigenvalue weighted by Crippen LogP contribution is 2.23. The van der Waals surface area contributed by atoms with E-state index in [2.05, 4.69) is 35.5 Å². The molecule has 0 fully saturated rings. The quantitative estimate of drug-likeness (QED) is 0.656. The van der Waals surface area contributed by atoms with Crippen LogP contribution in [-0.4, -0.2) is 30.7 Å². The van der Waals surface area contributed by atoms with Gasteiger partial charge in [-0.25, -0.2) is 0 Å². The Bertz CT molecular complexity index is 171. The van der Waals surface area contributed by atoms with E-state index in [0.29, 0.717) is 12.3 Å². The highest BCUT2D eigenvalue weighted by molar-refractivity contribution is 6.14. The third-order valence-electron chi connectivity index (χ3n) is 2.76. The second-order valence-electron chi connectivity index (χ2n) is 5.41. The zero-order chi connectivity index (χ0) is 12.1. The Kier molecular flexibility index (Phi) is 6.54. The van der Waals surface area contributed by atoms with E-state index in [9.17, 15) is 5.11 Å². The minimum atomic E-state index is -0.291. The Labute approximate surface area is 95.8 Å². The van der Waals surface area contributed by atoms with Gasteiger partial charge in [-0.15, -0.1) is 0 Å². The zero-order valence-electron chi connectivity index (χ0n) is 11.2. The summed E-state index contributed by atoms with van der Waals surface area (Å²) in [6, 6.07) is 0. The van der Waals surface area contributed by atoms with E-state index in [1.807, 2.05) is 6.92 Å². The predicted octanol–water partition coefficient (Wildman–Crippen LogP) is 1.95. The molecule has 0 rings (SSSR count). The lowest BCUT2D eigenvalue weighted by Gasteiger charge is -2.34. The van der Waals surface area contributed by atoms with Crippen LogP contribution in [0.3, 0.4) is 0 Å². The largest absolute Gasteiger partial charge is 0.393 e. The molecule has 0 aliphatic heterocycles. The van der Waals surface area contributed by atoms with Crippen molar-refractivity contribution in [2.75, 3.05) is 0 Å². The molecule has 3 unspecified atom stereocenters. The first-order chi connectivity index (χ1) is 6.79. The molecular formula is C12H27BO2. The van der Waals surface area contributed by atoms with Gasteiger partial charge in [-0.2, -0.15) is 0 Å². The maximum Gasteiger partial charge on any atom is 0.143 e. The molecule has 0 aromatic carbocycles. The average Bonchev–Trinajstić information content (AvgIpc) is 2.00. The third-order valence-corrected chi connectivity index (χ3v) is 2.76. The Morgan fingerprint density at radius 3 is 2.13 bits per heavy atom. The van der Waals surface area contributed by atoms with Crippen molar-refractivity contribution >= 4 is 7.85 Å². The number of ether oxygens (including phenoxy) is 1. The molecule has 0 bridgehead atoms. The van der Waals surface area contributed by atoms with E-state index >= 15 is 0 Å². The van der Waals surface area contributed by atoms with E-state index in [4.69, 9.17) is 4.74 Å². The monoisotopic (exact) mass is 214 g/mol. The minimum absolute atomic E-state index is 0.178. The van der Waals surface area contributed by atoms with Gasteiger partial charge in [-0.1, -0.05) is 20.8 Å². The summed E-state index contributed by atoms with van der Waals surface area (Å²) in [5.74, 6) is 0.660. The van der Waals surface area contributed by atoms with Crippen molar-refractivity contribution in [2.24, 2.45) is 5.92 Å². The van der Waals surface area contributed by atoms with Crippen molar-refractivity contribution in [1.29, 1.82) is 0 Å². The van der Waals surface area contributed by atoms with E-state index in [1.165, 1.54) is 0 Å². The summed E-state index contributed by atoms with van der Waals surface area (Å²) in [7, 11) is 2.09. The highest BCUT2D eigenvalue weighted by Gasteiger charge is 2.27. The summed E-state index contributed by atoms with van der Waals surface area (Å²) in [6.07, 6.45) is 2.72. The number of aliphatic hydroxyl groups excluding tert-OH is 1. The zero-order valence-corrected chi connectivity index (χ0v) is 11.2. The SMILES string of the molecule is BC(CC)(CC(C)O)OC(C)CC(C)C. The number of hydrogen-bond acceptors (Lipinski definition) is 2. The van der Waals surface area contributed by atoms with Crippen molar-refractivity contribution < 1.29 is 9.84 Å². The Hall–Kier alpha value is -0.0151. The lowest BCUT2D eigenvalue weighted by atomic mass is 9.74. The lowest BCUT2D eigenvalue weighted by molar-refractivity contribution is -0.0627. The molecule has 0 radical (unpaired) electrons. The summed E-state index contributed by atoms with van der Waals surface area (Å²) in [5.41, 5.74) is -0.178. The van der Waals surface area contributed by atoms with Gasteiger partial charge >= 0.3 is 0 Å². The van der Waals surface area contributed by atoms with Gasteiger partial charge in [0, 0.05) is 5.50 Å². The fourth-order valence-electron chi connectivity index (χ4n) is 2.10. The van der Waals surface area contributed by atoms with Gasteiger partial charge in [0.05, 0.1) is 12.2 Å². The molecule has 0 aliphatic rings. The van der Waals surface area contributed by atoms with E-state index < -0.39 is 0 Å². The Morgan fingerprint density at radius 1 is 1.27 bits per heavy atom. The van der Waals surface area contributed by atoms with E-state index in [0.717, 1.165) is 12.8 Å². The molecule has 0 aromatic rings. The number of rotatable bonds is 7. The van der Waals surface area contributed by atoms with Gasteiger partial charge in [0.1, 0.15) is 7.85 Å². The van der Waals surface area contributed by atoms with Crippen LogP contribution in [0.25, 0.3) is 0 Å². The smallest absolute Gasteiger partial charge is 0.143 e. The van der Waals surface area contributed by atoms with Crippen LogP contribution in [0.2, 0.25) is 0 Å². The minimum Gasteiger partial charge on any atom is -0.393 e. The molecular weight excluding hydrogens is 187 g/mol. The number of hydrogen-bond donors (Lipinski definition) is 1. The van der Waals surface area contributed by atoms with Crippen LogP contribution in [-0.2, 0) is 4.74 Å². The van der Waals surface area contributed by atoms with Crippen LogP contribution in [0.4, 0.5) is 0 Å². The summed E-state index contributed by atoms with van der Waals surface area (Å²) in [5, 5.41) is 9.43. The van der Waals surface area contributed by atoms with E-state index in [1.54, 1.807) is 0 Å². The Morgan fingerprint density at radius 2 is 1.80 bits per heavy atom. The topological polar surface area (TPSA) is 29.5 Å². The molecule has 0 aliphatic carbocycles. The van der Waals surface area contributed by atoms with Crippen LogP contribution in [0, 0.1) is 5.92 Å². The van der Waals surface area contributed by atoms with Crippen molar-refractivity contribution in [3.05, 3.63) is 0 Å². The average molecular weight is 214 g/mol. The summed E-state index contributed by atoms with van der Waals surface area (Å²) in [4.78, 5) is 0. The van der Waals surface area contributed by atoms with Crippen molar-refractivity contribution in [3.63, 3.8) is 0 Å². The first-order valence-electron chi connectivity index (χ1n) is 6.15. The van der Waals surface area contributed by atoms with Gasteiger partial charge in [-0.3, -0.25) is 0 Å². The van der Waals surface area contributed by atoms with Gasteiger partial charge in [0.15, 0.2) is 0 Å². The van der Waals surface area contributed by atoms with Gasteiger partial charge in [-0.05, 0) is 39.0 Å². The van der Waals surface area contributed by atoms with Crippen LogP contribution >= 0.6 is 0 Å². The molecule has 2 nitrogen and oxygen atoms in total. The highest BCUT2D eigenvalue weighted by atomic mass is 16.5. The molecule has 0 aromatic heterocycles. The summed E-state index contributed by atoms with van der Waals surface area (Å²) >= 11 is 0.